The molecule has 2 N–H and O–H groups in total. The first-order valence-electron chi connectivity index (χ1n) is 11.6. The highest BCUT2D eigenvalue weighted by Gasteiger charge is 2.30. The van der Waals surface area contributed by atoms with Crippen molar-refractivity contribution in [2.75, 3.05) is 53.7 Å². The third kappa shape index (κ3) is 4.27. The molecule has 2 atom stereocenters. The number of aromatic nitrogens is 3. The van der Waals surface area contributed by atoms with E-state index in [2.05, 4.69) is 44.4 Å². The summed E-state index contributed by atoms with van der Waals surface area (Å²) in [7, 11) is -1.10. The molecule has 0 bridgehead atoms. The van der Waals surface area contributed by atoms with Crippen molar-refractivity contribution in [2.24, 2.45) is 5.92 Å². The van der Waals surface area contributed by atoms with Gasteiger partial charge in [0.05, 0.1) is 29.1 Å². The molecule has 174 valence electrons. The third-order valence-electron chi connectivity index (χ3n) is 6.51. The Labute approximate surface area is 196 Å². The van der Waals surface area contributed by atoms with Gasteiger partial charge in [0, 0.05) is 49.9 Å². The lowest BCUT2D eigenvalue weighted by atomic mass is 10.1. The minimum Gasteiger partial charge on any atom is -0.394 e. The summed E-state index contributed by atoms with van der Waals surface area (Å²) in [4.78, 5) is 19.5. The van der Waals surface area contributed by atoms with Crippen LogP contribution in [0.25, 0.3) is 10.8 Å². The Morgan fingerprint density at radius 2 is 1.85 bits per heavy atom. The molecule has 4 heterocycles. The van der Waals surface area contributed by atoms with E-state index in [4.69, 9.17) is 9.97 Å². The van der Waals surface area contributed by atoms with Crippen molar-refractivity contribution in [1.82, 2.24) is 15.0 Å². The van der Waals surface area contributed by atoms with E-state index >= 15 is 0 Å². The molecule has 2 aliphatic rings. The largest absolute Gasteiger partial charge is 0.394 e. The molecule has 5 rings (SSSR count). The molecule has 0 amide bonds. The van der Waals surface area contributed by atoms with E-state index in [9.17, 15) is 9.32 Å². The molecular weight excluding hydrogens is 436 g/mol. The molecule has 33 heavy (non-hydrogen) atoms. The highest BCUT2D eigenvalue weighted by Crippen LogP contribution is 2.32. The van der Waals surface area contributed by atoms with E-state index in [0.29, 0.717) is 28.8 Å². The molecule has 1 saturated heterocycles. The van der Waals surface area contributed by atoms with E-state index in [1.807, 2.05) is 26.1 Å². The Morgan fingerprint density at radius 3 is 2.61 bits per heavy atom. The zero-order valence-corrected chi connectivity index (χ0v) is 19.9. The highest BCUT2D eigenvalue weighted by molar-refractivity contribution is 7.85. The van der Waals surface area contributed by atoms with Crippen LogP contribution >= 0.6 is 0 Å². The van der Waals surface area contributed by atoms with Gasteiger partial charge in [0.2, 0.25) is 5.95 Å². The number of aliphatic hydroxyl groups excluding tert-OH is 1. The lowest BCUT2D eigenvalue weighted by molar-refractivity contribution is 0.249. The highest BCUT2D eigenvalue weighted by atomic mass is 32.2. The molecule has 2 unspecified atom stereocenters. The van der Waals surface area contributed by atoms with Crippen LogP contribution < -0.4 is 15.1 Å². The van der Waals surface area contributed by atoms with Gasteiger partial charge >= 0.3 is 0 Å². The fourth-order valence-corrected chi connectivity index (χ4v) is 5.81. The zero-order chi connectivity index (χ0) is 22.9. The summed E-state index contributed by atoms with van der Waals surface area (Å²) in [5.41, 5.74) is 0.861. The van der Waals surface area contributed by atoms with Crippen molar-refractivity contribution in [3.63, 3.8) is 0 Å². The number of nitrogens with one attached hydrogen (secondary N) is 1. The van der Waals surface area contributed by atoms with Gasteiger partial charge in [0.1, 0.15) is 16.5 Å². The van der Waals surface area contributed by atoms with Crippen LogP contribution in [0.15, 0.2) is 41.4 Å². The number of nitrogens with zero attached hydrogens (tertiary/aromatic N) is 5. The topological polar surface area (TPSA) is 94.5 Å². The zero-order valence-electron chi connectivity index (χ0n) is 19.1. The van der Waals surface area contributed by atoms with Crippen LogP contribution in [0.5, 0.6) is 0 Å². The first-order valence-corrected chi connectivity index (χ1v) is 12.9. The number of aryl methyl sites for hydroxylation is 1. The molecule has 0 saturated carbocycles. The number of rotatable bonds is 6. The number of hydrogen-bond acceptors (Lipinski definition) is 8. The van der Waals surface area contributed by atoms with Crippen molar-refractivity contribution < 1.29 is 9.32 Å². The minimum absolute atomic E-state index is 0.00484. The molecular formula is C24H30N6O2S. The second kappa shape index (κ2) is 9.23. The SMILES string of the molecule is CC(C)C(CO)Nc1nc(N2CCN(c3nccc4ccccc34)CC2)nc2c1S(=O)CC2. The van der Waals surface area contributed by atoms with Crippen molar-refractivity contribution in [2.45, 2.75) is 31.2 Å². The van der Waals surface area contributed by atoms with Crippen molar-refractivity contribution in [3.05, 3.63) is 42.2 Å². The number of piperazine rings is 1. The molecule has 0 spiro atoms. The monoisotopic (exact) mass is 466 g/mol. The summed E-state index contributed by atoms with van der Waals surface area (Å²) in [6, 6.07) is 10.2. The standard InChI is InChI=1S/C24H30N6O2S/c1-16(2)20(15-31)26-22-21-19(8-14-33(21)32)27-24(28-22)30-12-10-29(11-13-30)23-18-6-4-3-5-17(18)7-9-25-23/h3-7,9,16,20,31H,8,10-15H2,1-2H3,(H,26,27,28). The van der Waals surface area contributed by atoms with Gasteiger partial charge in [0.25, 0.3) is 0 Å². The van der Waals surface area contributed by atoms with Crippen LogP contribution in [-0.4, -0.2) is 68.8 Å². The molecule has 9 heteroatoms. The normalized spacial score (nSPS) is 19.2. The summed E-state index contributed by atoms with van der Waals surface area (Å²) in [6.45, 7) is 7.29. The van der Waals surface area contributed by atoms with Gasteiger partial charge in [-0.15, -0.1) is 0 Å². The number of anilines is 3. The average molecular weight is 467 g/mol. The van der Waals surface area contributed by atoms with E-state index in [0.717, 1.165) is 37.7 Å². The average Bonchev–Trinajstić information content (AvgIpc) is 3.22. The Hall–Kier alpha value is -2.78. The molecule has 1 fully saturated rings. The van der Waals surface area contributed by atoms with E-state index in [1.165, 1.54) is 10.8 Å². The summed E-state index contributed by atoms with van der Waals surface area (Å²) >= 11 is 0. The van der Waals surface area contributed by atoms with Crippen LogP contribution in [0.3, 0.4) is 0 Å². The van der Waals surface area contributed by atoms with Gasteiger partial charge in [-0.1, -0.05) is 38.1 Å². The van der Waals surface area contributed by atoms with Gasteiger partial charge in [-0.3, -0.25) is 4.21 Å². The van der Waals surface area contributed by atoms with Gasteiger partial charge < -0.3 is 20.2 Å². The van der Waals surface area contributed by atoms with Crippen molar-refractivity contribution >= 4 is 39.2 Å². The molecule has 3 aromatic rings. The lowest BCUT2D eigenvalue weighted by Gasteiger charge is -2.36. The van der Waals surface area contributed by atoms with Crippen LogP contribution in [0, 0.1) is 5.92 Å². The van der Waals surface area contributed by atoms with Gasteiger partial charge in [-0.25, -0.2) is 9.97 Å². The van der Waals surface area contributed by atoms with Crippen LogP contribution in [-0.2, 0) is 17.2 Å². The quantitative estimate of drug-likeness (QED) is 0.572. The molecule has 2 aliphatic heterocycles. The predicted octanol–water partition coefficient (Wildman–Crippen LogP) is 2.44. The first kappa shape index (κ1) is 22.0. The van der Waals surface area contributed by atoms with E-state index < -0.39 is 10.8 Å². The van der Waals surface area contributed by atoms with Gasteiger partial charge in [-0.05, 0) is 17.4 Å². The maximum atomic E-state index is 12.6. The van der Waals surface area contributed by atoms with Crippen LogP contribution in [0.1, 0.15) is 19.5 Å². The smallest absolute Gasteiger partial charge is 0.227 e. The van der Waals surface area contributed by atoms with Crippen LogP contribution in [0.2, 0.25) is 0 Å². The van der Waals surface area contributed by atoms with E-state index in [1.54, 1.807) is 0 Å². The summed E-state index contributed by atoms with van der Waals surface area (Å²) in [6.07, 6.45) is 2.57. The minimum atomic E-state index is -1.10. The molecule has 8 nitrogen and oxygen atoms in total. The summed E-state index contributed by atoms with van der Waals surface area (Å²) < 4.78 is 12.6. The number of aliphatic hydroxyl groups is 1. The Bertz CT molecular complexity index is 1170. The fourth-order valence-electron chi connectivity index (χ4n) is 4.50. The third-order valence-corrected chi connectivity index (χ3v) is 7.97. The van der Waals surface area contributed by atoms with Crippen LogP contribution in [0.4, 0.5) is 17.6 Å². The number of benzene rings is 1. The van der Waals surface area contributed by atoms with Gasteiger partial charge in [-0.2, -0.15) is 4.98 Å². The molecule has 1 aromatic carbocycles. The summed E-state index contributed by atoms with van der Waals surface area (Å²) in [5.74, 6) is 3.09. The second-order valence-corrected chi connectivity index (χ2v) is 10.5. The van der Waals surface area contributed by atoms with Crippen molar-refractivity contribution in [3.8, 4) is 0 Å². The maximum Gasteiger partial charge on any atom is 0.227 e. The summed E-state index contributed by atoms with van der Waals surface area (Å²) in [5, 5.41) is 15.5. The fraction of sp³-hybridized carbons (Fsp3) is 0.458. The van der Waals surface area contributed by atoms with Gasteiger partial charge in [0.15, 0.2) is 0 Å². The maximum absolute atomic E-state index is 12.6. The van der Waals surface area contributed by atoms with Crippen molar-refractivity contribution in [1.29, 1.82) is 0 Å². The number of hydrogen-bond donors (Lipinski definition) is 2. The Kier molecular flexibility index (Phi) is 6.16. The number of fused-ring (bicyclic) bond motifs is 2. The van der Waals surface area contributed by atoms with E-state index in [-0.39, 0.29) is 18.6 Å². The molecule has 0 radical (unpaired) electrons. The molecule has 0 aliphatic carbocycles. The Morgan fingerprint density at radius 1 is 1.09 bits per heavy atom. The second-order valence-electron chi connectivity index (χ2n) is 8.95. The molecule has 2 aromatic heterocycles. The Balaban J connectivity index is 1.38. The first-order chi connectivity index (χ1) is 16.0. The predicted molar refractivity (Wildman–Crippen MR) is 133 cm³/mol. The lowest BCUT2D eigenvalue weighted by Crippen LogP contribution is -2.47. The number of pyridine rings is 1.